The van der Waals surface area contributed by atoms with Gasteiger partial charge in [-0.2, -0.15) is 4.37 Å². The maximum Gasteiger partial charge on any atom is 0.187 e. The first-order chi connectivity index (χ1) is 9.54. The Kier molecular flexibility index (Phi) is 3.66. The van der Waals surface area contributed by atoms with Gasteiger partial charge in [-0.05, 0) is 50.1 Å². The van der Waals surface area contributed by atoms with Crippen molar-refractivity contribution in [3.63, 3.8) is 0 Å². The Hall–Kier alpha value is -0.820. The molecule has 2 saturated carbocycles. The summed E-state index contributed by atoms with van der Waals surface area (Å²) in [4.78, 5) is 2.44. The summed E-state index contributed by atoms with van der Waals surface area (Å²) >= 11 is 1.23. The van der Waals surface area contributed by atoms with Gasteiger partial charge in [0.05, 0.1) is 5.25 Å². The molecule has 1 aromatic rings. The Balaban J connectivity index is 1.92. The van der Waals surface area contributed by atoms with E-state index in [1.807, 2.05) is 0 Å². The molecular weight excluding hydrogens is 294 g/mol. The van der Waals surface area contributed by atoms with Crippen LogP contribution in [-0.4, -0.2) is 31.1 Å². The Labute approximate surface area is 124 Å². The van der Waals surface area contributed by atoms with E-state index < -0.39 is 9.84 Å². The van der Waals surface area contributed by atoms with Gasteiger partial charge in [-0.3, -0.25) is 0 Å². The van der Waals surface area contributed by atoms with E-state index in [0.29, 0.717) is 10.8 Å². The van der Waals surface area contributed by atoms with Crippen molar-refractivity contribution in [2.24, 2.45) is 5.92 Å². The van der Waals surface area contributed by atoms with E-state index >= 15 is 0 Å². The lowest BCUT2D eigenvalue weighted by atomic mass is 9.85. The van der Waals surface area contributed by atoms with Crippen LogP contribution >= 0.6 is 11.5 Å². The molecule has 2 aliphatic carbocycles. The molecule has 0 amide bonds. The number of sulfone groups is 1. The number of hydrogen-bond donors (Lipinski definition) is 1. The fraction of sp³-hybridized carbons (Fsp3) is 0.769. The molecule has 2 aliphatic rings. The summed E-state index contributed by atoms with van der Waals surface area (Å²) in [7, 11) is -3.28. The first kappa shape index (κ1) is 14.1. The first-order valence-corrected chi connectivity index (χ1v) is 9.60. The van der Waals surface area contributed by atoms with E-state index in [1.165, 1.54) is 30.8 Å². The molecule has 0 radical (unpaired) electrons. The van der Waals surface area contributed by atoms with Gasteiger partial charge in [0.1, 0.15) is 9.90 Å². The second-order valence-corrected chi connectivity index (χ2v) is 8.70. The van der Waals surface area contributed by atoms with Gasteiger partial charge in [0, 0.05) is 13.1 Å². The smallest absolute Gasteiger partial charge is 0.187 e. The van der Waals surface area contributed by atoms with Gasteiger partial charge in [-0.1, -0.05) is 6.42 Å². The number of anilines is 2. The van der Waals surface area contributed by atoms with Crippen molar-refractivity contribution in [3.05, 3.63) is 0 Å². The van der Waals surface area contributed by atoms with Gasteiger partial charge in [-0.25, -0.2) is 8.42 Å². The number of hydrogen-bond acceptors (Lipinski definition) is 6. The molecule has 0 saturated heterocycles. The molecule has 2 N–H and O–H groups in total. The Bertz CT molecular complexity index is 589. The second kappa shape index (κ2) is 5.18. The molecule has 0 unspecified atom stereocenters. The maximum atomic E-state index is 12.5. The van der Waals surface area contributed by atoms with Crippen LogP contribution in [0, 0.1) is 5.92 Å². The van der Waals surface area contributed by atoms with E-state index in [-0.39, 0.29) is 11.1 Å². The minimum absolute atomic E-state index is 0.184. The minimum Gasteiger partial charge on any atom is -0.382 e. The van der Waals surface area contributed by atoms with Gasteiger partial charge in [0.25, 0.3) is 0 Å². The third kappa shape index (κ3) is 2.41. The molecule has 0 spiro atoms. The highest BCUT2D eigenvalue weighted by molar-refractivity contribution is 7.92. The van der Waals surface area contributed by atoms with Crippen molar-refractivity contribution in [2.45, 2.75) is 49.2 Å². The van der Waals surface area contributed by atoms with Crippen molar-refractivity contribution in [2.75, 3.05) is 23.7 Å². The predicted molar refractivity (Wildman–Crippen MR) is 82.0 cm³/mol. The van der Waals surface area contributed by atoms with Crippen molar-refractivity contribution >= 4 is 32.2 Å². The van der Waals surface area contributed by atoms with E-state index in [0.717, 1.165) is 30.9 Å². The molecule has 0 aromatic carbocycles. The van der Waals surface area contributed by atoms with E-state index in [4.69, 9.17) is 5.73 Å². The zero-order valence-corrected chi connectivity index (χ0v) is 13.3. The minimum atomic E-state index is -3.28. The van der Waals surface area contributed by atoms with Crippen LogP contribution in [0.25, 0.3) is 0 Å². The van der Waals surface area contributed by atoms with Crippen LogP contribution in [0.2, 0.25) is 0 Å². The summed E-state index contributed by atoms with van der Waals surface area (Å²) in [6.07, 6.45) is 5.29. The highest BCUT2D eigenvalue weighted by atomic mass is 32.2. The van der Waals surface area contributed by atoms with Gasteiger partial charge < -0.3 is 10.6 Å². The van der Waals surface area contributed by atoms with Crippen LogP contribution in [0.5, 0.6) is 0 Å². The monoisotopic (exact) mass is 315 g/mol. The lowest BCUT2D eigenvalue weighted by Crippen LogP contribution is -2.32. The molecule has 7 heteroatoms. The van der Waals surface area contributed by atoms with Crippen LogP contribution in [-0.2, 0) is 9.84 Å². The third-order valence-corrected chi connectivity index (χ3v) is 7.65. The van der Waals surface area contributed by atoms with Crippen molar-refractivity contribution < 1.29 is 8.42 Å². The number of rotatable bonds is 6. The topological polar surface area (TPSA) is 76.3 Å². The lowest BCUT2D eigenvalue weighted by Gasteiger charge is -2.32. The molecule has 0 bridgehead atoms. The highest BCUT2D eigenvalue weighted by Gasteiger charge is 2.41. The molecule has 0 atom stereocenters. The molecule has 1 heterocycles. The molecule has 112 valence electrons. The summed E-state index contributed by atoms with van der Waals surface area (Å²) in [5, 5.41) is 0.520. The molecule has 20 heavy (non-hydrogen) atoms. The van der Waals surface area contributed by atoms with E-state index in [9.17, 15) is 8.42 Å². The molecule has 2 fully saturated rings. The first-order valence-electron chi connectivity index (χ1n) is 7.28. The van der Waals surface area contributed by atoms with Crippen LogP contribution in [0.3, 0.4) is 0 Å². The van der Waals surface area contributed by atoms with Gasteiger partial charge in [0.2, 0.25) is 0 Å². The Morgan fingerprint density at radius 3 is 2.55 bits per heavy atom. The van der Waals surface area contributed by atoms with Gasteiger partial charge in [0.15, 0.2) is 15.7 Å². The molecule has 1 aromatic heterocycles. The quantitative estimate of drug-likeness (QED) is 0.871. The van der Waals surface area contributed by atoms with E-state index in [2.05, 4.69) is 16.2 Å². The molecular formula is C13H21N3O2S2. The van der Waals surface area contributed by atoms with Gasteiger partial charge in [-0.15, -0.1) is 0 Å². The fourth-order valence-corrected chi connectivity index (χ4v) is 5.74. The highest BCUT2D eigenvalue weighted by Crippen LogP contribution is 2.43. The average Bonchev–Trinajstić information content (AvgIpc) is 3.13. The summed E-state index contributed by atoms with van der Waals surface area (Å²) in [5.74, 6) is 0.874. The lowest BCUT2D eigenvalue weighted by molar-refractivity contribution is 0.318. The fourth-order valence-electron chi connectivity index (χ4n) is 2.64. The van der Waals surface area contributed by atoms with Gasteiger partial charge >= 0.3 is 0 Å². The second-order valence-electron chi connectivity index (χ2n) is 5.78. The standard InChI is InChI=1S/C13H21N3O2S2/c1-2-16(8-9-4-3-5-9)13-11(12(14)15-19-13)20(17,18)10-6-7-10/h9-10H,2-8H2,1H3,(H2,14,15). The maximum absolute atomic E-state index is 12.5. The molecule has 0 aliphatic heterocycles. The normalized spacial score (nSPS) is 19.9. The largest absolute Gasteiger partial charge is 0.382 e. The zero-order valence-electron chi connectivity index (χ0n) is 11.7. The number of aromatic nitrogens is 1. The van der Waals surface area contributed by atoms with Crippen LogP contribution < -0.4 is 10.6 Å². The zero-order chi connectivity index (χ0) is 14.3. The predicted octanol–water partition coefficient (Wildman–Crippen LogP) is 2.29. The van der Waals surface area contributed by atoms with Crippen LogP contribution in [0.1, 0.15) is 39.0 Å². The van der Waals surface area contributed by atoms with Crippen molar-refractivity contribution in [1.82, 2.24) is 4.37 Å². The van der Waals surface area contributed by atoms with Crippen LogP contribution in [0.15, 0.2) is 4.90 Å². The summed E-state index contributed by atoms with van der Waals surface area (Å²) in [6.45, 7) is 3.78. The third-order valence-electron chi connectivity index (χ3n) is 4.28. The summed E-state index contributed by atoms with van der Waals surface area (Å²) in [5.41, 5.74) is 5.86. The van der Waals surface area contributed by atoms with Crippen LogP contribution in [0.4, 0.5) is 10.8 Å². The van der Waals surface area contributed by atoms with Crippen molar-refractivity contribution in [3.8, 4) is 0 Å². The summed E-state index contributed by atoms with van der Waals surface area (Å²) < 4.78 is 29.2. The number of nitrogens with two attached hydrogens (primary N) is 1. The summed E-state index contributed by atoms with van der Waals surface area (Å²) in [6, 6.07) is 0. The Morgan fingerprint density at radius 1 is 1.35 bits per heavy atom. The van der Waals surface area contributed by atoms with E-state index in [1.54, 1.807) is 0 Å². The Morgan fingerprint density at radius 2 is 2.05 bits per heavy atom. The van der Waals surface area contributed by atoms with Crippen molar-refractivity contribution in [1.29, 1.82) is 0 Å². The molecule has 3 rings (SSSR count). The average molecular weight is 315 g/mol. The number of nitrogens with zero attached hydrogens (tertiary/aromatic N) is 2. The SMILES string of the molecule is CCN(CC1CCC1)c1snc(N)c1S(=O)(=O)C1CC1. The number of nitrogen functional groups attached to an aromatic ring is 1. The molecule has 5 nitrogen and oxygen atoms in total.